The number of carbonyl (C=O) groups excluding carboxylic acids is 1. The smallest absolute Gasteiger partial charge is 0.387 e. The van der Waals surface area contributed by atoms with Crippen LogP contribution in [0.1, 0.15) is 5.56 Å². The number of hydrogen-bond acceptors (Lipinski definition) is 5. The van der Waals surface area contributed by atoms with Crippen LogP contribution in [0.3, 0.4) is 0 Å². The number of methoxy groups -OCH3 is 1. The van der Waals surface area contributed by atoms with Crippen molar-refractivity contribution in [3.05, 3.63) is 58.8 Å². The van der Waals surface area contributed by atoms with Gasteiger partial charge in [0.2, 0.25) is 0 Å². The standard InChI is InChI=1S/C18H12F3NO3S2/c1-24-14-7-10(5-6-13(14)25-17(20)21)8-15-16(23)22(18(26)27-15)12-4-2-3-11(19)9-12/h2-9,17H,1H3/b15-8+. The number of halogens is 3. The number of nitrogens with zero attached hydrogens (tertiary/aromatic N) is 1. The lowest BCUT2D eigenvalue weighted by Gasteiger charge is -2.14. The van der Waals surface area contributed by atoms with E-state index < -0.39 is 18.3 Å². The van der Waals surface area contributed by atoms with Crippen molar-refractivity contribution < 1.29 is 27.4 Å². The third-order valence-electron chi connectivity index (χ3n) is 3.56. The zero-order valence-corrected chi connectivity index (χ0v) is 15.5. The van der Waals surface area contributed by atoms with Gasteiger partial charge in [-0.2, -0.15) is 8.78 Å². The number of alkyl halides is 2. The van der Waals surface area contributed by atoms with Gasteiger partial charge in [-0.15, -0.1) is 0 Å². The Morgan fingerprint density at radius 1 is 1.19 bits per heavy atom. The fourth-order valence-electron chi connectivity index (χ4n) is 2.42. The number of ether oxygens (including phenoxy) is 2. The van der Waals surface area contributed by atoms with Gasteiger partial charge >= 0.3 is 6.61 Å². The minimum absolute atomic E-state index is 0.102. The van der Waals surface area contributed by atoms with E-state index in [1.165, 1.54) is 48.4 Å². The number of anilines is 1. The van der Waals surface area contributed by atoms with Crippen LogP contribution in [0.2, 0.25) is 0 Å². The molecule has 27 heavy (non-hydrogen) atoms. The average molecular weight is 411 g/mol. The molecule has 140 valence electrons. The number of thioether (sulfide) groups is 1. The first kappa shape index (κ1) is 19.2. The second-order valence-electron chi connectivity index (χ2n) is 5.29. The first-order valence-corrected chi connectivity index (χ1v) is 8.78. The summed E-state index contributed by atoms with van der Waals surface area (Å²) in [5.41, 5.74) is 0.868. The number of thiocarbonyl (C=S) groups is 1. The molecule has 9 heteroatoms. The Morgan fingerprint density at radius 3 is 2.63 bits per heavy atom. The molecule has 2 aromatic rings. The molecule has 1 amide bonds. The molecule has 1 aliphatic heterocycles. The molecule has 0 N–H and O–H groups in total. The molecule has 2 aromatic carbocycles. The average Bonchev–Trinajstić information content (AvgIpc) is 2.89. The summed E-state index contributed by atoms with van der Waals surface area (Å²) >= 11 is 6.29. The number of rotatable bonds is 5. The highest BCUT2D eigenvalue weighted by Crippen LogP contribution is 2.37. The number of benzene rings is 2. The van der Waals surface area contributed by atoms with E-state index in [1.807, 2.05) is 0 Å². The monoisotopic (exact) mass is 411 g/mol. The predicted octanol–water partition coefficient (Wildman–Crippen LogP) is 4.84. The van der Waals surface area contributed by atoms with Crippen molar-refractivity contribution in [2.75, 3.05) is 12.0 Å². The highest BCUT2D eigenvalue weighted by atomic mass is 32.2. The van der Waals surface area contributed by atoms with E-state index in [1.54, 1.807) is 12.1 Å². The number of amides is 1. The Hall–Kier alpha value is -2.52. The molecule has 1 heterocycles. The Labute approximate surface area is 162 Å². The fourth-order valence-corrected chi connectivity index (χ4v) is 3.72. The van der Waals surface area contributed by atoms with E-state index in [0.717, 1.165) is 11.8 Å². The molecule has 1 saturated heterocycles. The van der Waals surface area contributed by atoms with Crippen LogP contribution < -0.4 is 14.4 Å². The Kier molecular flexibility index (Phi) is 5.71. The van der Waals surface area contributed by atoms with Crippen molar-refractivity contribution >= 4 is 46.0 Å². The third kappa shape index (κ3) is 4.25. The van der Waals surface area contributed by atoms with Gasteiger partial charge in [0.1, 0.15) is 5.82 Å². The minimum atomic E-state index is -2.98. The number of hydrogen-bond donors (Lipinski definition) is 0. The lowest BCUT2D eigenvalue weighted by atomic mass is 10.2. The molecule has 0 aliphatic carbocycles. The molecule has 0 unspecified atom stereocenters. The summed E-state index contributed by atoms with van der Waals surface area (Å²) < 4.78 is 47.9. The summed E-state index contributed by atoms with van der Waals surface area (Å²) in [4.78, 5) is 14.2. The normalized spacial score (nSPS) is 15.7. The quantitative estimate of drug-likeness (QED) is 0.520. The van der Waals surface area contributed by atoms with Crippen molar-refractivity contribution in [3.8, 4) is 11.5 Å². The molecular formula is C18H12F3NO3S2. The second-order valence-corrected chi connectivity index (χ2v) is 6.96. The molecule has 0 atom stereocenters. The topological polar surface area (TPSA) is 38.8 Å². The van der Waals surface area contributed by atoms with Crippen LogP contribution in [0.5, 0.6) is 11.5 Å². The first-order chi connectivity index (χ1) is 12.9. The fraction of sp³-hybridized carbons (Fsp3) is 0.111. The van der Waals surface area contributed by atoms with Crippen molar-refractivity contribution in [2.45, 2.75) is 6.61 Å². The SMILES string of the molecule is COc1cc(/C=C2/SC(=S)N(c3cccc(F)c3)C2=O)ccc1OC(F)F. The molecule has 0 aromatic heterocycles. The van der Waals surface area contributed by atoms with Crippen molar-refractivity contribution in [3.63, 3.8) is 0 Å². The molecule has 0 radical (unpaired) electrons. The van der Waals surface area contributed by atoms with Gasteiger partial charge < -0.3 is 9.47 Å². The Bertz CT molecular complexity index is 934. The molecule has 1 aliphatic rings. The van der Waals surface area contributed by atoms with Crippen molar-refractivity contribution in [2.24, 2.45) is 0 Å². The van der Waals surface area contributed by atoms with Crippen LogP contribution in [-0.4, -0.2) is 23.9 Å². The molecule has 3 rings (SSSR count). The maximum atomic E-state index is 13.4. The van der Waals surface area contributed by atoms with Gasteiger partial charge in [0.25, 0.3) is 5.91 Å². The lowest BCUT2D eigenvalue weighted by Crippen LogP contribution is -2.27. The van der Waals surface area contributed by atoms with Gasteiger partial charge in [-0.25, -0.2) is 4.39 Å². The van der Waals surface area contributed by atoms with Crippen LogP contribution in [0.25, 0.3) is 6.08 Å². The van der Waals surface area contributed by atoms with E-state index in [4.69, 9.17) is 17.0 Å². The van der Waals surface area contributed by atoms with Gasteiger partial charge in [-0.1, -0.05) is 36.1 Å². The third-order valence-corrected chi connectivity index (χ3v) is 4.86. The van der Waals surface area contributed by atoms with Crippen molar-refractivity contribution in [1.29, 1.82) is 0 Å². The lowest BCUT2D eigenvalue weighted by molar-refractivity contribution is -0.113. The molecule has 0 bridgehead atoms. The Balaban J connectivity index is 1.89. The van der Waals surface area contributed by atoms with Gasteiger partial charge in [0.05, 0.1) is 17.7 Å². The van der Waals surface area contributed by atoms with Gasteiger partial charge in [-0.05, 0) is 42.0 Å². The van der Waals surface area contributed by atoms with E-state index in [-0.39, 0.29) is 15.8 Å². The minimum Gasteiger partial charge on any atom is -0.493 e. The maximum absolute atomic E-state index is 13.4. The molecule has 0 saturated carbocycles. The summed E-state index contributed by atoms with van der Waals surface area (Å²) in [5.74, 6) is -0.894. The zero-order valence-electron chi connectivity index (χ0n) is 13.8. The van der Waals surface area contributed by atoms with Gasteiger partial charge in [-0.3, -0.25) is 9.69 Å². The van der Waals surface area contributed by atoms with Crippen LogP contribution in [0, 0.1) is 5.82 Å². The van der Waals surface area contributed by atoms with Crippen LogP contribution in [-0.2, 0) is 4.79 Å². The zero-order chi connectivity index (χ0) is 19.6. The molecule has 4 nitrogen and oxygen atoms in total. The highest BCUT2D eigenvalue weighted by Gasteiger charge is 2.33. The molecule has 1 fully saturated rings. The largest absolute Gasteiger partial charge is 0.493 e. The highest BCUT2D eigenvalue weighted by molar-refractivity contribution is 8.27. The van der Waals surface area contributed by atoms with E-state index in [2.05, 4.69) is 4.74 Å². The predicted molar refractivity (Wildman–Crippen MR) is 102 cm³/mol. The van der Waals surface area contributed by atoms with Crippen molar-refractivity contribution in [1.82, 2.24) is 0 Å². The van der Waals surface area contributed by atoms with Crippen LogP contribution in [0.4, 0.5) is 18.9 Å². The summed E-state index contributed by atoms with van der Waals surface area (Å²) in [6.07, 6.45) is 1.55. The van der Waals surface area contributed by atoms with E-state index in [9.17, 15) is 18.0 Å². The van der Waals surface area contributed by atoms with Crippen LogP contribution >= 0.6 is 24.0 Å². The molecular weight excluding hydrogens is 399 g/mol. The van der Waals surface area contributed by atoms with Gasteiger partial charge in [0, 0.05) is 0 Å². The first-order valence-electron chi connectivity index (χ1n) is 7.55. The summed E-state index contributed by atoms with van der Waals surface area (Å²) in [6.45, 7) is -2.98. The second kappa shape index (κ2) is 8.01. The van der Waals surface area contributed by atoms with Gasteiger partial charge in [0.15, 0.2) is 15.8 Å². The Morgan fingerprint density at radius 2 is 1.96 bits per heavy atom. The maximum Gasteiger partial charge on any atom is 0.387 e. The molecule has 0 spiro atoms. The number of carbonyl (C=O) groups is 1. The summed E-state index contributed by atoms with van der Waals surface area (Å²) in [5, 5.41) is 0. The van der Waals surface area contributed by atoms with E-state index >= 15 is 0 Å². The summed E-state index contributed by atoms with van der Waals surface area (Å²) in [7, 11) is 1.32. The van der Waals surface area contributed by atoms with Crippen LogP contribution in [0.15, 0.2) is 47.4 Å². The summed E-state index contributed by atoms with van der Waals surface area (Å²) in [6, 6.07) is 9.85. The van der Waals surface area contributed by atoms with E-state index in [0.29, 0.717) is 16.2 Å².